The van der Waals surface area contributed by atoms with Crippen LogP contribution in [0.2, 0.25) is 0 Å². The van der Waals surface area contributed by atoms with Crippen molar-refractivity contribution in [2.24, 2.45) is 0 Å². The molecular formula is C17H20BrN3O3. The number of amides is 1. The normalized spacial score (nSPS) is 16.6. The van der Waals surface area contributed by atoms with E-state index in [0.717, 1.165) is 36.6 Å². The fourth-order valence-electron chi connectivity index (χ4n) is 3.04. The number of carbonyl (C=O) groups is 1. The van der Waals surface area contributed by atoms with Crippen molar-refractivity contribution in [3.05, 3.63) is 40.5 Å². The Bertz CT molecular complexity index is 693. The molecule has 0 unspecified atom stereocenters. The number of halogens is 1. The van der Waals surface area contributed by atoms with Gasteiger partial charge in [-0.25, -0.2) is 0 Å². The van der Waals surface area contributed by atoms with E-state index in [1.165, 1.54) is 0 Å². The third-order valence-electron chi connectivity index (χ3n) is 4.22. The smallest absolute Gasteiger partial charge is 0.258 e. The van der Waals surface area contributed by atoms with Crippen LogP contribution in [-0.4, -0.2) is 22.7 Å². The maximum Gasteiger partial charge on any atom is 0.258 e. The summed E-state index contributed by atoms with van der Waals surface area (Å²) in [5.74, 6) is 1.55. The summed E-state index contributed by atoms with van der Waals surface area (Å²) >= 11 is 3.37. The Balaban J connectivity index is 1.66. The zero-order valence-electron chi connectivity index (χ0n) is 13.5. The first-order valence-electron chi connectivity index (χ1n) is 8.08. The Morgan fingerprint density at radius 2 is 2.00 bits per heavy atom. The van der Waals surface area contributed by atoms with E-state index in [2.05, 4.69) is 31.4 Å². The first kappa shape index (κ1) is 17.0. The maximum atomic E-state index is 12.4. The molecule has 1 N–H and O–H groups in total. The van der Waals surface area contributed by atoms with E-state index >= 15 is 0 Å². The summed E-state index contributed by atoms with van der Waals surface area (Å²) in [5.41, 5.74) is -0.545. The van der Waals surface area contributed by atoms with Crippen molar-refractivity contribution < 1.29 is 14.1 Å². The molecule has 1 heterocycles. The number of carbonyl (C=O) groups excluding carboxylic acids is 1. The molecule has 1 saturated carbocycles. The molecule has 1 aliphatic rings. The second kappa shape index (κ2) is 7.34. The van der Waals surface area contributed by atoms with Crippen LogP contribution >= 0.6 is 15.9 Å². The second-order valence-electron chi connectivity index (χ2n) is 6.07. The lowest BCUT2D eigenvalue weighted by molar-refractivity contribution is -0.125. The molecule has 6 nitrogen and oxygen atoms in total. The fourth-order valence-corrected chi connectivity index (χ4v) is 3.30. The number of hydrogen-bond donors (Lipinski definition) is 1. The van der Waals surface area contributed by atoms with Crippen molar-refractivity contribution in [2.75, 3.05) is 6.61 Å². The number of aromatic nitrogens is 2. The number of nitrogens with one attached hydrogen (secondary N) is 1. The van der Waals surface area contributed by atoms with Crippen LogP contribution in [-0.2, 0) is 10.3 Å². The molecule has 1 aliphatic carbocycles. The Labute approximate surface area is 149 Å². The fraction of sp³-hybridized carbons (Fsp3) is 0.471. The SMILES string of the molecule is Cc1nc(C2(NC(=O)COc3ccc(Br)cc3)CCCCC2)no1. The molecule has 1 amide bonds. The van der Waals surface area contributed by atoms with Crippen LogP contribution in [0.15, 0.2) is 33.3 Å². The molecule has 1 aromatic carbocycles. The summed E-state index contributed by atoms with van der Waals surface area (Å²) in [6.07, 6.45) is 4.85. The third kappa shape index (κ3) is 3.95. The summed E-state index contributed by atoms with van der Waals surface area (Å²) in [6, 6.07) is 7.38. The van der Waals surface area contributed by atoms with Gasteiger partial charge in [0.1, 0.15) is 11.3 Å². The first-order valence-corrected chi connectivity index (χ1v) is 8.87. The molecule has 1 aromatic heterocycles. The highest BCUT2D eigenvalue weighted by Gasteiger charge is 2.39. The van der Waals surface area contributed by atoms with Gasteiger partial charge >= 0.3 is 0 Å². The van der Waals surface area contributed by atoms with Gasteiger partial charge in [0.15, 0.2) is 12.4 Å². The van der Waals surface area contributed by atoms with Crippen LogP contribution in [0.1, 0.15) is 43.8 Å². The van der Waals surface area contributed by atoms with Gasteiger partial charge in [-0.05, 0) is 37.1 Å². The van der Waals surface area contributed by atoms with Crippen LogP contribution in [0.4, 0.5) is 0 Å². The highest BCUT2D eigenvalue weighted by molar-refractivity contribution is 9.10. The van der Waals surface area contributed by atoms with Crippen molar-refractivity contribution in [3.63, 3.8) is 0 Å². The van der Waals surface area contributed by atoms with Crippen molar-refractivity contribution in [1.82, 2.24) is 15.5 Å². The number of benzene rings is 1. The third-order valence-corrected chi connectivity index (χ3v) is 4.75. The van der Waals surface area contributed by atoms with Gasteiger partial charge in [-0.2, -0.15) is 4.98 Å². The first-order chi connectivity index (χ1) is 11.6. The minimum atomic E-state index is -0.545. The van der Waals surface area contributed by atoms with Gasteiger partial charge in [-0.1, -0.05) is 40.3 Å². The Kier molecular flexibility index (Phi) is 5.18. The molecule has 128 valence electrons. The van der Waals surface area contributed by atoms with Crippen LogP contribution in [0.5, 0.6) is 5.75 Å². The van der Waals surface area contributed by atoms with Gasteiger partial charge in [0, 0.05) is 11.4 Å². The Hall–Kier alpha value is -1.89. The molecule has 0 spiro atoms. The van der Waals surface area contributed by atoms with Crippen LogP contribution in [0.25, 0.3) is 0 Å². The Morgan fingerprint density at radius 3 is 2.62 bits per heavy atom. The summed E-state index contributed by atoms with van der Waals surface area (Å²) in [6.45, 7) is 1.71. The number of hydrogen-bond acceptors (Lipinski definition) is 5. The van der Waals surface area contributed by atoms with Gasteiger partial charge in [0.05, 0.1) is 0 Å². The monoisotopic (exact) mass is 393 g/mol. The van der Waals surface area contributed by atoms with Gasteiger partial charge in [-0.3, -0.25) is 4.79 Å². The molecule has 1 fully saturated rings. The average molecular weight is 394 g/mol. The molecule has 3 rings (SSSR count). The van der Waals surface area contributed by atoms with Crippen LogP contribution < -0.4 is 10.1 Å². The van der Waals surface area contributed by atoms with E-state index < -0.39 is 5.54 Å². The standard InChI is InChI=1S/C17H20BrN3O3/c1-12-19-16(21-24-12)17(9-3-2-4-10-17)20-15(22)11-23-14-7-5-13(18)6-8-14/h5-8H,2-4,9-11H2,1H3,(H,20,22). The highest BCUT2D eigenvalue weighted by atomic mass is 79.9. The minimum Gasteiger partial charge on any atom is -0.484 e. The lowest BCUT2D eigenvalue weighted by atomic mass is 9.81. The topological polar surface area (TPSA) is 77.2 Å². The summed E-state index contributed by atoms with van der Waals surface area (Å²) in [5, 5.41) is 7.13. The number of aryl methyl sites for hydroxylation is 1. The second-order valence-corrected chi connectivity index (χ2v) is 6.99. The number of rotatable bonds is 5. The van der Waals surface area contributed by atoms with Crippen molar-refractivity contribution in [2.45, 2.75) is 44.6 Å². The summed E-state index contributed by atoms with van der Waals surface area (Å²) < 4.78 is 11.6. The lowest BCUT2D eigenvalue weighted by Crippen LogP contribution is -2.49. The van der Waals surface area contributed by atoms with Gasteiger partial charge in [0.25, 0.3) is 5.91 Å². The molecule has 0 bridgehead atoms. The van der Waals surface area contributed by atoms with Crippen LogP contribution in [0.3, 0.4) is 0 Å². The van der Waals surface area contributed by atoms with E-state index in [4.69, 9.17) is 9.26 Å². The van der Waals surface area contributed by atoms with Crippen LogP contribution in [0, 0.1) is 6.92 Å². The molecule has 0 radical (unpaired) electrons. The molecule has 7 heteroatoms. The van der Waals surface area contributed by atoms with Crippen molar-refractivity contribution in [3.8, 4) is 5.75 Å². The summed E-state index contributed by atoms with van der Waals surface area (Å²) in [4.78, 5) is 16.8. The molecule has 24 heavy (non-hydrogen) atoms. The van der Waals surface area contributed by atoms with E-state index in [-0.39, 0.29) is 12.5 Å². The quantitative estimate of drug-likeness (QED) is 0.840. The van der Waals surface area contributed by atoms with E-state index in [1.54, 1.807) is 6.92 Å². The molecule has 2 aromatic rings. The largest absolute Gasteiger partial charge is 0.484 e. The molecular weight excluding hydrogens is 374 g/mol. The number of nitrogens with zero attached hydrogens (tertiary/aromatic N) is 2. The zero-order chi connectivity index (χ0) is 17.0. The summed E-state index contributed by atoms with van der Waals surface area (Å²) in [7, 11) is 0. The molecule has 0 atom stereocenters. The van der Waals surface area contributed by atoms with E-state index in [9.17, 15) is 4.79 Å². The number of ether oxygens (including phenoxy) is 1. The van der Waals surface area contributed by atoms with Crippen molar-refractivity contribution in [1.29, 1.82) is 0 Å². The maximum absolute atomic E-state index is 12.4. The Morgan fingerprint density at radius 1 is 1.29 bits per heavy atom. The molecule has 0 aliphatic heterocycles. The lowest BCUT2D eigenvalue weighted by Gasteiger charge is -2.35. The van der Waals surface area contributed by atoms with Gasteiger partial charge < -0.3 is 14.6 Å². The van der Waals surface area contributed by atoms with Gasteiger partial charge in [0.2, 0.25) is 5.89 Å². The predicted octanol–water partition coefficient (Wildman–Crippen LogP) is 3.50. The zero-order valence-corrected chi connectivity index (χ0v) is 15.1. The minimum absolute atomic E-state index is 0.0415. The predicted molar refractivity (Wildman–Crippen MR) is 91.6 cm³/mol. The van der Waals surface area contributed by atoms with E-state index in [0.29, 0.717) is 17.5 Å². The van der Waals surface area contributed by atoms with Crippen molar-refractivity contribution >= 4 is 21.8 Å². The molecule has 0 saturated heterocycles. The average Bonchev–Trinajstić information content (AvgIpc) is 3.02. The van der Waals surface area contributed by atoms with E-state index in [1.807, 2.05) is 24.3 Å². The van der Waals surface area contributed by atoms with Gasteiger partial charge in [-0.15, -0.1) is 0 Å². The highest BCUT2D eigenvalue weighted by Crippen LogP contribution is 2.35.